The van der Waals surface area contributed by atoms with E-state index in [9.17, 15) is 0 Å². The summed E-state index contributed by atoms with van der Waals surface area (Å²) in [6.07, 6.45) is 1.87. The molecule has 1 aliphatic heterocycles. The summed E-state index contributed by atoms with van der Waals surface area (Å²) in [4.78, 5) is 11.0. The van der Waals surface area contributed by atoms with Crippen LogP contribution in [-0.2, 0) is 4.74 Å². The number of likely N-dealkylation sites (N-methyl/N-ethyl adjacent to an activating group) is 1. The number of fused-ring (bicyclic) bond motifs is 1. The van der Waals surface area contributed by atoms with Crippen LogP contribution in [0, 0.1) is 6.92 Å². The van der Waals surface area contributed by atoms with Crippen LogP contribution in [0.15, 0.2) is 11.7 Å². The SMILES string of the molecule is Cc1csc2c(N(C)CC3CNCCO3)ncnc12. The topological polar surface area (TPSA) is 50.3 Å². The Labute approximate surface area is 116 Å². The maximum Gasteiger partial charge on any atom is 0.149 e. The lowest BCUT2D eigenvalue weighted by Gasteiger charge is -2.28. The molecular weight excluding hydrogens is 260 g/mol. The minimum absolute atomic E-state index is 0.227. The second kappa shape index (κ2) is 5.40. The number of nitrogens with zero attached hydrogens (tertiary/aromatic N) is 3. The molecule has 5 nitrogen and oxygen atoms in total. The van der Waals surface area contributed by atoms with Gasteiger partial charge in [-0.3, -0.25) is 0 Å². The van der Waals surface area contributed by atoms with E-state index in [1.165, 1.54) is 5.56 Å². The quantitative estimate of drug-likeness (QED) is 0.920. The number of hydrogen-bond donors (Lipinski definition) is 1. The van der Waals surface area contributed by atoms with E-state index in [0.29, 0.717) is 0 Å². The van der Waals surface area contributed by atoms with Crippen LogP contribution in [0.25, 0.3) is 10.2 Å². The van der Waals surface area contributed by atoms with Gasteiger partial charge in [0.25, 0.3) is 0 Å². The van der Waals surface area contributed by atoms with Crippen molar-refractivity contribution in [3.63, 3.8) is 0 Å². The zero-order chi connectivity index (χ0) is 13.2. The average molecular weight is 278 g/mol. The van der Waals surface area contributed by atoms with Gasteiger partial charge in [-0.05, 0) is 17.9 Å². The zero-order valence-electron chi connectivity index (χ0n) is 11.2. The van der Waals surface area contributed by atoms with E-state index < -0.39 is 0 Å². The van der Waals surface area contributed by atoms with Crippen molar-refractivity contribution in [3.8, 4) is 0 Å². The van der Waals surface area contributed by atoms with Gasteiger partial charge in [-0.1, -0.05) is 0 Å². The van der Waals surface area contributed by atoms with E-state index in [1.54, 1.807) is 17.7 Å². The smallest absolute Gasteiger partial charge is 0.149 e. The number of ether oxygens (including phenoxy) is 1. The summed E-state index contributed by atoms with van der Waals surface area (Å²) in [5.74, 6) is 0.997. The number of aryl methyl sites for hydroxylation is 1. The Morgan fingerprint density at radius 1 is 1.53 bits per heavy atom. The molecular formula is C13H18N4OS. The predicted octanol–water partition coefficient (Wildman–Crippen LogP) is 1.42. The van der Waals surface area contributed by atoms with Gasteiger partial charge in [-0.15, -0.1) is 11.3 Å². The van der Waals surface area contributed by atoms with Gasteiger partial charge < -0.3 is 15.0 Å². The number of nitrogens with one attached hydrogen (secondary N) is 1. The molecule has 19 heavy (non-hydrogen) atoms. The molecule has 3 rings (SSSR count). The number of rotatable bonds is 3. The van der Waals surface area contributed by atoms with Crippen molar-refractivity contribution in [2.24, 2.45) is 0 Å². The highest BCUT2D eigenvalue weighted by molar-refractivity contribution is 7.18. The molecule has 0 amide bonds. The van der Waals surface area contributed by atoms with Crippen molar-refractivity contribution < 1.29 is 4.74 Å². The van der Waals surface area contributed by atoms with Gasteiger partial charge in [0.15, 0.2) is 0 Å². The average Bonchev–Trinajstić information content (AvgIpc) is 2.82. The molecule has 2 aromatic rings. The van der Waals surface area contributed by atoms with Gasteiger partial charge in [0.2, 0.25) is 0 Å². The fraction of sp³-hybridized carbons (Fsp3) is 0.538. The number of thiophene rings is 1. The largest absolute Gasteiger partial charge is 0.374 e. The summed E-state index contributed by atoms with van der Waals surface area (Å²) in [5.41, 5.74) is 2.28. The van der Waals surface area contributed by atoms with Crippen LogP contribution in [0.1, 0.15) is 5.56 Å². The van der Waals surface area contributed by atoms with E-state index in [2.05, 4.69) is 39.5 Å². The molecule has 3 heterocycles. The Morgan fingerprint density at radius 3 is 3.21 bits per heavy atom. The summed E-state index contributed by atoms with van der Waals surface area (Å²) < 4.78 is 6.90. The molecule has 0 aromatic carbocycles. The predicted molar refractivity (Wildman–Crippen MR) is 78.0 cm³/mol. The molecule has 102 valence electrons. The van der Waals surface area contributed by atoms with Gasteiger partial charge in [0.1, 0.15) is 12.1 Å². The highest BCUT2D eigenvalue weighted by Crippen LogP contribution is 2.30. The van der Waals surface area contributed by atoms with Crippen LogP contribution in [-0.4, -0.2) is 49.4 Å². The first-order valence-corrected chi connectivity index (χ1v) is 7.36. The van der Waals surface area contributed by atoms with Gasteiger partial charge in [-0.2, -0.15) is 0 Å². The Bertz CT molecular complexity index is 565. The first-order chi connectivity index (χ1) is 9.25. The summed E-state index contributed by atoms with van der Waals surface area (Å²) in [5, 5.41) is 5.49. The van der Waals surface area contributed by atoms with Crippen LogP contribution in [0.4, 0.5) is 5.82 Å². The van der Waals surface area contributed by atoms with E-state index in [0.717, 1.165) is 42.3 Å². The maximum absolute atomic E-state index is 5.74. The number of anilines is 1. The van der Waals surface area contributed by atoms with Crippen LogP contribution < -0.4 is 10.2 Å². The van der Waals surface area contributed by atoms with Crippen LogP contribution in [0.3, 0.4) is 0 Å². The number of aromatic nitrogens is 2. The molecule has 0 spiro atoms. The van der Waals surface area contributed by atoms with Crippen molar-refractivity contribution >= 4 is 27.4 Å². The molecule has 1 saturated heterocycles. The van der Waals surface area contributed by atoms with Crippen molar-refractivity contribution in [2.45, 2.75) is 13.0 Å². The molecule has 0 aliphatic carbocycles. The Kier molecular flexibility index (Phi) is 3.63. The summed E-state index contributed by atoms with van der Waals surface area (Å²) in [6, 6.07) is 0. The Morgan fingerprint density at radius 2 is 2.42 bits per heavy atom. The van der Waals surface area contributed by atoms with Gasteiger partial charge >= 0.3 is 0 Å². The van der Waals surface area contributed by atoms with E-state index >= 15 is 0 Å². The molecule has 0 bridgehead atoms. The van der Waals surface area contributed by atoms with Crippen molar-refractivity contribution in [1.29, 1.82) is 0 Å². The normalized spacial score (nSPS) is 19.8. The monoisotopic (exact) mass is 278 g/mol. The molecule has 2 aromatic heterocycles. The Hall–Kier alpha value is -1.24. The molecule has 6 heteroatoms. The Balaban J connectivity index is 1.82. The van der Waals surface area contributed by atoms with E-state index in [1.807, 2.05) is 0 Å². The van der Waals surface area contributed by atoms with Gasteiger partial charge in [-0.25, -0.2) is 9.97 Å². The molecule has 1 atom stereocenters. The van der Waals surface area contributed by atoms with E-state index in [-0.39, 0.29) is 6.10 Å². The lowest BCUT2D eigenvalue weighted by atomic mass is 10.2. The van der Waals surface area contributed by atoms with Crippen LogP contribution in [0.2, 0.25) is 0 Å². The highest BCUT2D eigenvalue weighted by Gasteiger charge is 2.18. The van der Waals surface area contributed by atoms with Crippen molar-refractivity contribution in [3.05, 3.63) is 17.3 Å². The summed E-state index contributed by atoms with van der Waals surface area (Å²) >= 11 is 1.71. The minimum Gasteiger partial charge on any atom is -0.374 e. The third kappa shape index (κ3) is 2.56. The molecule has 1 aliphatic rings. The maximum atomic E-state index is 5.74. The fourth-order valence-electron chi connectivity index (χ4n) is 2.36. The zero-order valence-corrected chi connectivity index (χ0v) is 12.0. The minimum atomic E-state index is 0.227. The molecule has 0 radical (unpaired) electrons. The second-order valence-electron chi connectivity index (χ2n) is 4.87. The molecule has 1 fully saturated rings. The molecule has 1 N–H and O–H groups in total. The van der Waals surface area contributed by atoms with Crippen LogP contribution >= 0.6 is 11.3 Å². The standard InChI is InChI=1S/C13H18N4OS/c1-9-7-19-12-11(9)15-8-16-13(12)17(2)6-10-5-14-3-4-18-10/h7-8,10,14H,3-6H2,1-2H3. The lowest BCUT2D eigenvalue weighted by molar-refractivity contribution is 0.0339. The summed E-state index contributed by atoms with van der Waals surface area (Å²) in [7, 11) is 2.06. The van der Waals surface area contributed by atoms with E-state index in [4.69, 9.17) is 4.74 Å². The van der Waals surface area contributed by atoms with Crippen molar-refractivity contribution in [2.75, 3.05) is 38.2 Å². The third-order valence-corrected chi connectivity index (χ3v) is 4.44. The third-order valence-electron chi connectivity index (χ3n) is 3.36. The first-order valence-electron chi connectivity index (χ1n) is 6.48. The van der Waals surface area contributed by atoms with Crippen LogP contribution in [0.5, 0.6) is 0 Å². The van der Waals surface area contributed by atoms with Gasteiger partial charge in [0, 0.05) is 26.7 Å². The fourth-order valence-corrected chi connectivity index (χ4v) is 3.40. The molecule has 1 unspecified atom stereocenters. The summed E-state index contributed by atoms with van der Waals surface area (Å²) in [6.45, 7) is 5.57. The van der Waals surface area contributed by atoms with Gasteiger partial charge in [0.05, 0.1) is 22.9 Å². The highest BCUT2D eigenvalue weighted by atomic mass is 32.1. The second-order valence-corrected chi connectivity index (χ2v) is 5.75. The number of morpholine rings is 1. The first kappa shape index (κ1) is 12.8. The van der Waals surface area contributed by atoms with Crippen molar-refractivity contribution in [1.82, 2.24) is 15.3 Å². The lowest BCUT2D eigenvalue weighted by Crippen LogP contribution is -2.44. The molecule has 0 saturated carbocycles. The number of hydrogen-bond acceptors (Lipinski definition) is 6.